The van der Waals surface area contributed by atoms with Crippen LogP contribution in [-0.4, -0.2) is 12.5 Å². The van der Waals surface area contributed by atoms with Crippen molar-refractivity contribution in [3.05, 3.63) is 101 Å². The summed E-state index contributed by atoms with van der Waals surface area (Å²) in [7, 11) is 0. The van der Waals surface area contributed by atoms with Crippen molar-refractivity contribution >= 4 is 29.2 Å². The Hall–Kier alpha value is -3.04. The highest BCUT2D eigenvalue weighted by atomic mass is 35.5. The molecule has 3 aromatic carbocycles. The van der Waals surface area contributed by atoms with Crippen LogP contribution in [-0.2, 0) is 11.3 Å². The number of halogens is 1. The smallest absolute Gasteiger partial charge is 0.252 e. The summed E-state index contributed by atoms with van der Waals surface area (Å²) in [5, 5.41) is 3.61. The van der Waals surface area contributed by atoms with E-state index in [1.165, 1.54) is 0 Å². The van der Waals surface area contributed by atoms with E-state index in [0.717, 1.165) is 22.4 Å². The molecule has 3 aromatic rings. The number of carbonyl (C=O) groups is 1. The van der Waals surface area contributed by atoms with E-state index in [-0.39, 0.29) is 5.91 Å². The lowest BCUT2D eigenvalue weighted by atomic mass is 10.0. The van der Waals surface area contributed by atoms with Crippen LogP contribution in [0.3, 0.4) is 0 Å². The third-order valence-corrected chi connectivity index (χ3v) is 4.54. The molecule has 28 heavy (non-hydrogen) atoms. The van der Waals surface area contributed by atoms with Crippen LogP contribution in [0.4, 0.5) is 0 Å². The Balaban J connectivity index is 1.83. The minimum absolute atomic E-state index is 0.159. The molecule has 0 aliphatic heterocycles. The molecule has 3 rings (SSSR count). The van der Waals surface area contributed by atoms with Crippen LogP contribution in [0.2, 0.25) is 5.02 Å². The number of nitrogens with one attached hydrogen (secondary N) is 1. The number of carbonyl (C=O) groups excluding carboxylic acids is 1. The lowest BCUT2D eigenvalue weighted by molar-refractivity contribution is -0.115. The van der Waals surface area contributed by atoms with Crippen molar-refractivity contribution < 1.29 is 9.53 Å². The number of hydrogen-bond acceptors (Lipinski definition) is 2. The van der Waals surface area contributed by atoms with Crippen LogP contribution in [0.1, 0.15) is 23.6 Å². The molecule has 0 saturated carbocycles. The molecule has 0 aliphatic carbocycles. The fourth-order valence-electron chi connectivity index (χ4n) is 2.83. The lowest BCUT2D eigenvalue weighted by Crippen LogP contribution is -2.23. The third kappa shape index (κ3) is 5.24. The first-order valence-electron chi connectivity index (χ1n) is 9.19. The molecule has 142 valence electrons. The zero-order chi connectivity index (χ0) is 19.8. The van der Waals surface area contributed by atoms with Crippen LogP contribution in [0.25, 0.3) is 11.6 Å². The quantitative estimate of drug-likeness (QED) is 0.420. The monoisotopic (exact) mass is 391 g/mol. The third-order valence-electron chi connectivity index (χ3n) is 4.20. The summed E-state index contributed by atoms with van der Waals surface area (Å²) in [6.07, 6.45) is 1.82. The summed E-state index contributed by atoms with van der Waals surface area (Å²) >= 11 is 6.29. The van der Waals surface area contributed by atoms with Gasteiger partial charge in [0.15, 0.2) is 0 Å². The van der Waals surface area contributed by atoms with Crippen LogP contribution in [0.15, 0.2) is 78.9 Å². The normalized spacial score (nSPS) is 11.1. The zero-order valence-electron chi connectivity index (χ0n) is 15.7. The maximum atomic E-state index is 13.0. The van der Waals surface area contributed by atoms with E-state index in [0.29, 0.717) is 23.7 Å². The maximum absolute atomic E-state index is 13.0. The molecule has 0 saturated heterocycles. The lowest BCUT2D eigenvalue weighted by Gasteiger charge is -2.11. The first-order chi connectivity index (χ1) is 13.7. The SMILES string of the molecule is CCOc1cccc(CNC(=O)/C(=C/c2ccccc2Cl)c2ccccc2)c1. The van der Waals surface area contributed by atoms with Gasteiger partial charge in [-0.25, -0.2) is 0 Å². The van der Waals surface area contributed by atoms with Crippen LogP contribution >= 0.6 is 11.6 Å². The maximum Gasteiger partial charge on any atom is 0.252 e. The number of rotatable bonds is 7. The second kappa shape index (κ2) is 9.77. The van der Waals surface area contributed by atoms with Gasteiger partial charge in [0.1, 0.15) is 5.75 Å². The molecule has 3 nitrogen and oxygen atoms in total. The summed E-state index contributed by atoms with van der Waals surface area (Å²) in [6.45, 7) is 2.96. The second-order valence-electron chi connectivity index (χ2n) is 6.21. The van der Waals surface area contributed by atoms with E-state index in [9.17, 15) is 4.79 Å². The molecule has 0 aliphatic rings. The molecular weight excluding hydrogens is 370 g/mol. The van der Waals surface area contributed by atoms with E-state index in [1.807, 2.05) is 91.9 Å². The van der Waals surface area contributed by atoms with E-state index in [4.69, 9.17) is 16.3 Å². The van der Waals surface area contributed by atoms with Gasteiger partial charge in [0.05, 0.1) is 6.61 Å². The predicted molar refractivity (Wildman–Crippen MR) is 115 cm³/mol. The van der Waals surface area contributed by atoms with Crippen LogP contribution < -0.4 is 10.1 Å². The van der Waals surface area contributed by atoms with E-state index in [1.54, 1.807) is 0 Å². The molecule has 1 N–H and O–H groups in total. The highest BCUT2D eigenvalue weighted by Crippen LogP contribution is 2.23. The number of benzene rings is 3. The van der Waals surface area contributed by atoms with Crippen molar-refractivity contribution in [2.45, 2.75) is 13.5 Å². The Kier molecular flexibility index (Phi) is 6.88. The molecule has 0 atom stereocenters. The second-order valence-corrected chi connectivity index (χ2v) is 6.62. The fourth-order valence-corrected chi connectivity index (χ4v) is 3.03. The van der Waals surface area contributed by atoms with Crippen molar-refractivity contribution in [2.24, 2.45) is 0 Å². The van der Waals surface area contributed by atoms with Crippen molar-refractivity contribution in [1.29, 1.82) is 0 Å². The minimum Gasteiger partial charge on any atom is -0.494 e. The minimum atomic E-state index is -0.159. The summed E-state index contributed by atoms with van der Waals surface area (Å²) in [6, 6.07) is 24.8. The topological polar surface area (TPSA) is 38.3 Å². The summed E-state index contributed by atoms with van der Waals surface area (Å²) in [5.74, 6) is 0.636. The van der Waals surface area contributed by atoms with E-state index < -0.39 is 0 Å². The molecule has 0 heterocycles. The average Bonchev–Trinajstić information content (AvgIpc) is 2.73. The van der Waals surface area contributed by atoms with E-state index >= 15 is 0 Å². The van der Waals surface area contributed by atoms with Gasteiger partial charge in [-0.2, -0.15) is 0 Å². The summed E-state index contributed by atoms with van der Waals surface area (Å²) < 4.78 is 5.52. The van der Waals surface area contributed by atoms with Crippen molar-refractivity contribution in [2.75, 3.05) is 6.61 Å². The van der Waals surface area contributed by atoms with E-state index in [2.05, 4.69) is 5.32 Å². The Morgan fingerprint density at radius 1 is 1.00 bits per heavy atom. The Bertz CT molecular complexity index is 967. The highest BCUT2D eigenvalue weighted by molar-refractivity contribution is 6.33. The van der Waals surface area contributed by atoms with Gasteiger partial charge in [0.2, 0.25) is 0 Å². The largest absolute Gasteiger partial charge is 0.494 e. The molecule has 0 radical (unpaired) electrons. The van der Waals surface area contributed by atoms with Crippen molar-refractivity contribution in [3.63, 3.8) is 0 Å². The molecular formula is C24H22ClNO2. The molecule has 0 aromatic heterocycles. The molecule has 1 amide bonds. The average molecular weight is 392 g/mol. The molecule has 0 unspecified atom stereocenters. The molecule has 0 bridgehead atoms. The standard InChI is InChI=1S/C24H22ClNO2/c1-2-28-21-13-8-9-18(15-21)17-26-24(27)22(19-10-4-3-5-11-19)16-20-12-6-7-14-23(20)25/h3-16H,2,17H2,1H3,(H,26,27)/b22-16+. The van der Waals surface area contributed by atoms with Gasteiger partial charge in [-0.1, -0.05) is 72.3 Å². The molecule has 4 heteroatoms. The van der Waals surface area contributed by atoms with Crippen LogP contribution in [0, 0.1) is 0 Å². The van der Waals surface area contributed by atoms with Gasteiger partial charge < -0.3 is 10.1 Å². The number of ether oxygens (including phenoxy) is 1. The van der Waals surface area contributed by atoms with Crippen molar-refractivity contribution in [1.82, 2.24) is 5.32 Å². The first kappa shape index (κ1) is 19.7. The fraction of sp³-hybridized carbons (Fsp3) is 0.125. The van der Waals surface area contributed by atoms with Gasteiger partial charge in [-0.05, 0) is 47.9 Å². The van der Waals surface area contributed by atoms with Crippen LogP contribution in [0.5, 0.6) is 5.75 Å². The van der Waals surface area contributed by atoms with Crippen molar-refractivity contribution in [3.8, 4) is 5.75 Å². The predicted octanol–water partition coefficient (Wildman–Crippen LogP) is 5.60. The molecule has 0 spiro atoms. The van der Waals surface area contributed by atoms with Gasteiger partial charge in [0, 0.05) is 17.1 Å². The summed E-state index contributed by atoms with van der Waals surface area (Å²) in [5.41, 5.74) is 3.18. The van der Waals surface area contributed by atoms with Gasteiger partial charge in [0.25, 0.3) is 5.91 Å². The highest BCUT2D eigenvalue weighted by Gasteiger charge is 2.13. The molecule has 0 fully saturated rings. The first-order valence-corrected chi connectivity index (χ1v) is 9.56. The number of hydrogen-bond donors (Lipinski definition) is 1. The summed E-state index contributed by atoms with van der Waals surface area (Å²) in [4.78, 5) is 13.0. The van der Waals surface area contributed by atoms with Gasteiger partial charge in [-0.15, -0.1) is 0 Å². The van der Waals surface area contributed by atoms with Gasteiger partial charge >= 0.3 is 0 Å². The number of amides is 1. The zero-order valence-corrected chi connectivity index (χ0v) is 16.4. The van der Waals surface area contributed by atoms with Gasteiger partial charge in [-0.3, -0.25) is 4.79 Å². The Morgan fingerprint density at radius 3 is 2.50 bits per heavy atom. The Morgan fingerprint density at radius 2 is 1.75 bits per heavy atom. The Labute approximate surface area is 170 Å².